The van der Waals surface area contributed by atoms with Crippen LogP contribution in [0.25, 0.3) is 0 Å². The Hall–Kier alpha value is -5.35. The molecular weight excluding hydrogens is 616 g/mol. The van der Waals surface area contributed by atoms with Crippen molar-refractivity contribution >= 4 is 47.4 Å². The van der Waals surface area contributed by atoms with Crippen LogP contribution in [0, 0.1) is 5.41 Å². The van der Waals surface area contributed by atoms with Gasteiger partial charge in [-0.15, -0.1) is 0 Å². The molecule has 0 unspecified atom stereocenters. The van der Waals surface area contributed by atoms with E-state index < -0.39 is 97.8 Å². The molecule has 1 aromatic heterocycles. The van der Waals surface area contributed by atoms with E-state index in [1.165, 1.54) is 12.5 Å². The number of H-pyrrole nitrogens is 1. The van der Waals surface area contributed by atoms with Gasteiger partial charge < -0.3 is 69.4 Å². The van der Waals surface area contributed by atoms with E-state index in [1.807, 2.05) is 0 Å². The first-order chi connectivity index (χ1) is 21.7. The molecule has 0 aliphatic heterocycles. The van der Waals surface area contributed by atoms with Crippen molar-refractivity contribution in [2.45, 2.75) is 55.9 Å². The Morgan fingerprint density at radius 2 is 1.46 bits per heavy atom. The van der Waals surface area contributed by atoms with Gasteiger partial charge in [0.05, 0.1) is 38.2 Å². The Morgan fingerprint density at radius 1 is 0.848 bits per heavy atom. The number of imidazole rings is 1. The number of amides is 6. The highest BCUT2D eigenvalue weighted by molar-refractivity contribution is 5.97. The van der Waals surface area contributed by atoms with Gasteiger partial charge >= 0.3 is 5.97 Å². The van der Waals surface area contributed by atoms with Gasteiger partial charge in [-0.1, -0.05) is 0 Å². The van der Waals surface area contributed by atoms with Crippen molar-refractivity contribution in [1.82, 2.24) is 41.9 Å². The van der Waals surface area contributed by atoms with Crippen molar-refractivity contribution in [3.8, 4) is 0 Å². The fourth-order valence-electron chi connectivity index (χ4n) is 3.66. The first-order valence-electron chi connectivity index (χ1n) is 13.7. The second-order valence-electron chi connectivity index (χ2n) is 9.75. The van der Waals surface area contributed by atoms with Crippen LogP contribution in [0.4, 0.5) is 0 Å². The minimum Gasteiger partial charge on any atom is -0.480 e. The van der Waals surface area contributed by atoms with Crippen LogP contribution in [0.1, 0.15) is 25.0 Å². The number of aromatic nitrogens is 2. The first-order valence-corrected chi connectivity index (χ1v) is 13.7. The van der Waals surface area contributed by atoms with Gasteiger partial charge in [0.15, 0.2) is 5.96 Å². The van der Waals surface area contributed by atoms with Gasteiger partial charge in [0.25, 0.3) is 0 Å². The number of primary amides is 1. The molecule has 0 aromatic carbocycles. The molecule has 22 heteroatoms. The average molecular weight is 657 g/mol. The van der Waals surface area contributed by atoms with Crippen LogP contribution in [0.5, 0.6) is 0 Å². The molecule has 0 aliphatic rings. The molecule has 6 amide bonds. The van der Waals surface area contributed by atoms with E-state index in [1.54, 1.807) is 0 Å². The van der Waals surface area contributed by atoms with E-state index in [-0.39, 0.29) is 31.8 Å². The smallest absolute Gasteiger partial charge is 0.326 e. The van der Waals surface area contributed by atoms with Crippen LogP contribution in [-0.4, -0.2) is 129 Å². The Kier molecular flexibility index (Phi) is 16.7. The SMILES string of the molecule is N=C(N)NCCC[C@H](NC(=O)CNC(=O)[C@@H](N)CO)C(=O)N[C@@H](CO)C(=O)N[C@@H](CC(N)=O)C(=O)N[C@@H](Cc1c[nH]cn1)C(=O)O. The van der Waals surface area contributed by atoms with E-state index in [4.69, 9.17) is 27.7 Å². The third kappa shape index (κ3) is 14.4. The number of carbonyl (C=O) groups is 7. The van der Waals surface area contributed by atoms with Crippen LogP contribution in [0.2, 0.25) is 0 Å². The molecule has 1 rings (SSSR count). The fraction of sp³-hybridized carbons (Fsp3) is 0.542. The molecule has 46 heavy (non-hydrogen) atoms. The highest BCUT2D eigenvalue weighted by Crippen LogP contribution is 2.03. The number of hydrogen-bond acceptors (Lipinski definition) is 12. The summed E-state index contributed by atoms with van der Waals surface area (Å²) in [7, 11) is 0. The maximum absolute atomic E-state index is 13.1. The summed E-state index contributed by atoms with van der Waals surface area (Å²) in [5.41, 5.74) is 16.1. The number of aliphatic carboxylic acids is 1. The fourth-order valence-corrected chi connectivity index (χ4v) is 3.66. The lowest BCUT2D eigenvalue weighted by Gasteiger charge is -2.25. The summed E-state index contributed by atoms with van der Waals surface area (Å²) in [6.07, 6.45) is 1.76. The first kappa shape index (κ1) is 38.7. The number of rotatable bonds is 21. The highest BCUT2D eigenvalue weighted by atomic mass is 16.4. The number of hydrogen-bond donors (Lipinski definition) is 14. The number of carbonyl (C=O) groups excluding carboxylic acids is 6. The number of nitrogens with one attached hydrogen (secondary N) is 8. The number of carboxylic acids is 1. The molecule has 1 heterocycles. The predicted octanol–water partition coefficient (Wildman–Crippen LogP) is -7.46. The quantitative estimate of drug-likeness (QED) is 0.0332. The predicted molar refractivity (Wildman–Crippen MR) is 156 cm³/mol. The van der Waals surface area contributed by atoms with E-state index >= 15 is 0 Å². The van der Waals surface area contributed by atoms with Crippen LogP contribution >= 0.6 is 0 Å². The summed E-state index contributed by atoms with van der Waals surface area (Å²) in [6, 6.07) is -7.59. The van der Waals surface area contributed by atoms with Crippen molar-refractivity contribution in [2.24, 2.45) is 17.2 Å². The van der Waals surface area contributed by atoms with Gasteiger partial charge in [-0.05, 0) is 12.8 Å². The van der Waals surface area contributed by atoms with Crippen molar-refractivity contribution < 1.29 is 48.9 Å². The molecule has 1 aromatic rings. The van der Waals surface area contributed by atoms with E-state index in [0.29, 0.717) is 5.69 Å². The number of aliphatic hydroxyl groups excluding tert-OH is 2. The summed E-state index contributed by atoms with van der Waals surface area (Å²) in [4.78, 5) is 92.9. The van der Waals surface area contributed by atoms with E-state index in [2.05, 4.69) is 41.9 Å². The largest absolute Gasteiger partial charge is 0.480 e. The molecule has 0 bridgehead atoms. The second kappa shape index (κ2) is 19.8. The number of aliphatic hydroxyl groups is 2. The molecular formula is C24H40N12O10. The van der Waals surface area contributed by atoms with Crippen molar-refractivity contribution in [3.63, 3.8) is 0 Å². The molecule has 22 nitrogen and oxygen atoms in total. The molecule has 5 atom stereocenters. The second-order valence-corrected chi connectivity index (χ2v) is 9.75. The minimum absolute atomic E-state index is 0.0823. The van der Waals surface area contributed by atoms with Gasteiger partial charge in [0.1, 0.15) is 30.2 Å². The third-order valence-electron chi connectivity index (χ3n) is 6.03. The Balaban J connectivity index is 2.99. The summed E-state index contributed by atoms with van der Waals surface area (Å²) in [5, 5.41) is 49.0. The average Bonchev–Trinajstić information content (AvgIpc) is 3.51. The lowest BCUT2D eigenvalue weighted by atomic mass is 10.1. The molecule has 0 saturated heterocycles. The summed E-state index contributed by atoms with van der Waals surface area (Å²) >= 11 is 0. The zero-order chi connectivity index (χ0) is 34.8. The van der Waals surface area contributed by atoms with Crippen molar-refractivity contribution in [2.75, 3.05) is 26.3 Å². The topological polar surface area (TPSA) is 383 Å². The number of guanidine groups is 1. The van der Waals surface area contributed by atoms with Gasteiger partial charge in [0, 0.05) is 19.2 Å². The van der Waals surface area contributed by atoms with Gasteiger partial charge in [-0.3, -0.25) is 34.2 Å². The standard InChI is InChI=1S/C24H40N12O10/c25-12(8-37)19(41)31-7-18(40)33-13(2-1-3-30-24(27)28)20(42)36-16(9-38)22(44)34-14(5-17(26)39)21(43)35-15(23(45)46)4-11-6-29-10-32-11/h6,10,12-16,37-38H,1-5,7-9,25H2,(H2,26,39)(H,29,32)(H,31,41)(H,33,40)(H,34,44)(H,35,43)(H,36,42)(H,45,46)(H4,27,28,30)/t12-,13-,14-,15-,16-/m0/s1. The molecule has 17 N–H and O–H groups in total. The summed E-state index contributed by atoms with van der Waals surface area (Å²) in [6.45, 7) is -2.21. The van der Waals surface area contributed by atoms with Gasteiger partial charge in [-0.25, -0.2) is 9.78 Å². The lowest BCUT2D eigenvalue weighted by Crippen LogP contribution is -2.59. The molecule has 0 radical (unpaired) electrons. The number of aromatic amines is 1. The highest BCUT2D eigenvalue weighted by Gasteiger charge is 2.32. The maximum Gasteiger partial charge on any atom is 0.326 e. The zero-order valence-corrected chi connectivity index (χ0v) is 24.6. The van der Waals surface area contributed by atoms with Crippen molar-refractivity contribution in [1.29, 1.82) is 5.41 Å². The van der Waals surface area contributed by atoms with Gasteiger partial charge in [0.2, 0.25) is 35.4 Å². The number of carboxylic acid groups (broad SMARTS) is 1. The molecule has 0 aliphatic carbocycles. The van der Waals surface area contributed by atoms with Crippen molar-refractivity contribution in [3.05, 3.63) is 18.2 Å². The van der Waals surface area contributed by atoms with E-state index in [9.17, 15) is 43.8 Å². The van der Waals surface area contributed by atoms with Crippen LogP contribution in [-0.2, 0) is 40.0 Å². The van der Waals surface area contributed by atoms with Crippen LogP contribution in [0.15, 0.2) is 12.5 Å². The Labute approximate surface area is 261 Å². The van der Waals surface area contributed by atoms with Gasteiger partial charge in [-0.2, -0.15) is 0 Å². The Bertz CT molecular complexity index is 1230. The monoisotopic (exact) mass is 656 g/mol. The zero-order valence-electron chi connectivity index (χ0n) is 24.6. The van der Waals surface area contributed by atoms with Crippen LogP contribution in [0.3, 0.4) is 0 Å². The number of nitrogens with two attached hydrogens (primary N) is 3. The maximum atomic E-state index is 13.1. The summed E-state index contributed by atoms with van der Waals surface area (Å²) in [5.74, 6) is -7.79. The molecule has 256 valence electrons. The van der Waals surface area contributed by atoms with E-state index in [0.717, 1.165) is 0 Å². The molecule has 0 saturated carbocycles. The third-order valence-corrected chi connectivity index (χ3v) is 6.03. The van der Waals surface area contributed by atoms with Crippen LogP contribution < -0.4 is 49.1 Å². The summed E-state index contributed by atoms with van der Waals surface area (Å²) < 4.78 is 0. The lowest BCUT2D eigenvalue weighted by molar-refractivity contribution is -0.142. The normalized spacial score (nSPS) is 13.9. The number of nitrogens with zero attached hydrogens (tertiary/aromatic N) is 1. The molecule has 0 fully saturated rings. The Morgan fingerprint density at radius 3 is 2.00 bits per heavy atom. The molecule has 0 spiro atoms. The minimum atomic E-state index is -1.73.